The molecule has 6 heteroatoms. The van der Waals surface area contributed by atoms with Crippen molar-refractivity contribution in [1.82, 2.24) is 5.32 Å². The van der Waals surface area contributed by atoms with Gasteiger partial charge in [0.15, 0.2) is 5.78 Å². The first kappa shape index (κ1) is 23.0. The van der Waals surface area contributed by atoms with Crippen LogP contribution in [0.15, 0.2) is 48.5 Å². The summed E-state index contributed by atoms with van der Waals surface area (Å²) in [6.07, 6.45) is 3.35. The lowest BCUT2D eigenvalue weighted by Crippen LogP contribution is -2.41. The number of hydrogen-bond donors (Lipinski definition) is 2. The molecule has 0 unspecified atom stereocenters. The lowest BCUT2D eigenvalue weighted by molar-refractivity contribution is -0.129. The summed E-state index contributed by atoms with van der Waals surface area (Å²) in [6, 6.07) is 14.9. The van der Waals surface area contributed by atoms with Gasteiger partial charge in [-0.1, -0.05) is 41.9 Å². The molecule has 0 saturated heterocycles. The van der Waals surface area contributed by atoms with Crippen molar-refractivity contribution in [3.63, 3.8) is 0 Å². The summed E-state index contributed by atoms with van der Waals surface area (Å²) in [7, 11) is 0. The van der Waals surface area contributed by atoms with Gasteiger partial charge in [-0.25, -0.2) is 0 Å². The van der Waals surface area contributed by atoms with Crippen molar-refractivity contribution in [1.29, 1.82) is 0 Å². The molecule has 2 aromatic carbocycles. The number of carbonyl (C=O) groups excluding carboxylic acids is 3. The predicted molar refractivity (Wildman–Crippen MR) is 123 cm³/mol. The van der Waals surface area contributed by atoms with Crippen LogP contribution in [0.25, 0.3) is 0 Å². The lowest BCUT2D eigenvalue weighted by Gasteiger charge is -2.17. The Morgan fingerprint density at radius 2 is 1.84 bits per heavy atom. The van der Waals surface area contributed by atoms with Crippen LogP contribution in [0.1, 0.15) is 56.6 Å². The zero-order valence-corrected chi connectivity index (χ0v) is 18.7. The van der Waals surface area contributed by atoms with Gasteiger partial charge in [0.05, 0.1) is 6.04 Å². The summed E-state index contributed by atoms with van der Waals surface area (Å²) < 4.78 is 0. The summed E-state index contributed by atoms with van der Waals surface area (Å²) in [5, 5.41) is 6.21. The number of nitrogens with one attached hydrogen (secondary N) is 2. The fourth-order valence-corrected chi connectivity index (χ4v) is 4.41. The zero-order chi connectivity index (χ0) is 22.4. The molecule has 5 nitrogen and oxygen atoms in total. The van der Waals surface area contributed by atoms with E-state index in [1.165, 1.54) is 12.5 Å². The van der Waals surface area contributed by atoms with Crippen LogP contribution >= 0.6 is 11.6 Å². The fourth-order valence-electron chi connectivity index (χ4n) is 4.21. The van der Waals surface area contributed by atoms with Crippen molar-refractivity contribution in [3.8, 4) is 0 Å². The number of Topliss-reactive ketones (excluding diaryl/α,β-unsaturated/α-hetero) is 1. The number of hydrogen-bond acceptors (Lipinski definition) is 3. The molecule has 3 atom stereocenters. The first-order chi connectivity index (χ1) is 14.8. The molecule has 2 aromatic rings. The second-order valence-corrected chi connectivity index (χ2v) is 8.73. The minimum absolute atomic E-state index is 0.0408. The smallest absolute Gasteiger partial charge is 0.223 e. The van der Waals surface area contributed by atoms with E-state index in [1.54, 1.807) is 25.1 Å². The Kier molecular flexibility index (Phi) is 7.85. The second-order valence-electron chi connectivity index (χ2n) is 8.30. The molecule has 31 heavy (non-hydrogen) atoms. The highest BCUT2D eigenvalue weighted by Gasteiger charge is 2.31. The summed E-state index contributed by atoms with van der Waals surface area (Å²) in [4.78, 5) is 36.7. The van der Waals surface area contributed by atoms with Crippen molar-refractivity contribution in [3.05, 3.63) is 64.7 Å². The molecule has 1 aliphatic carbocycles. The maximum absolute atomic E-state index is 12.7. The molecule has 1 fully saturated rings. The minimum atomic E-state index is -0.549. The number of aryl methyl sites for hydroxylation is 1. The van der Waals surface area contributed by atoms with Gasteiger partial charge in [-0.2, -0.15) is 0 Å². The maximum atomic E-state index is 12.7. The normalized spacial score (nSPS) is 18.9. The Balaban J connectivity index is 1.51. The van der Waals surface area contributed by atoms with Crippen LogP contribution in [0.4, 0.5) is 5.69 Å². The second kappa shape index (κ2) is 10.6. The van der Waals surface area contributed by atoms with E-state index in [1.807, 2.05) is 18.2 Å². The summed E-state index contributed by atoms with van der Waals surface area (Å²) in [5.74, 6) is 0.0827. The fraction of sp³-hybridized carbons (Fsp3) is 0.400. The number of halogens is 1. The van der Waals surface area contributed by atoms with Crippen LogP contribution in [0.5, 0.6) is 0 Å². The van der Waals surface area contributed by atoms with Crippen LogP contribution in [0, 0.1) is 5.92 Å². The average Bonchev–Trinajstić information content (AvgIpc) is 3.24. The van der Waals surface area contributed by atoms with Gasteiger partial charge in [0.1, 0.15) is 0 Å². The highest BCUT2D eigenvalue weighted by molar-refractivity contribution is 6.30. The molecule has 2 amide bonds. The molecular weight excluding hydrogens is 412 g/mol. The van der Waals surface area contributed by atoms with Gasteiger partial charge in [0, 0.05) is 30.0 Å². The van der Waals surface area contributed by atoms with E-state index >= 15 is 0 Å². The number of anilines is 1. The Morgan fingerprint density at radius 1 is 1.10 bits per heavy atom. The third kappa shape index (κ3) is 6.41. The Hall–Kier alpha value is -2.66. The van der Waals surface area contributed by atoms with Crippen LogP contribution < -0.4 is 10.6 Å². The number of amides is 2. The highest BCUT2D eigenvalue weighted by atomic mass is 35.5. The van der Waals surface area contributed by atoms with Gasteiger partial charge in [-0.05, 0) is 67.9 Å². The molecule has 2 N–H and O–H groups in total. The first-order valence-electron chi connectivity index (χ1n) is 10.8. The maximum Gasteiger partial charge on any atom is 0.223 e. The lowest BCUT2D eigenvalue weighted by atomic mass is 9.96. The molecule has 0 radical (unpaired) electrons. The summed E-state index contributed by atoms with van der Waals surface area (Å²) in [5.41, 5.74) is 2.73. The Morgan fingerprint density at radius 3 is 2.55 bits per heavy atom. The average molecular weight is 441 g/mol. The Bertz CT molecular complexity index is 945. The molecule has 3 rings (SSSR count). The molecule has 1 aliphatic rings. The zero-order valence-electron chi connectivity index (χ0n) is 18.0. The summed E-state index contributed by atoms with van der Waals surface area (Å²) in [6.45, 7) is 3.17. The first-order valence-corrected chi connectivity index (χ1v) is 11.2. The van der Waals surface area contributed by atoms with Gasteiger partial charge in [-0.15, -0.1) is 0 Å². The van der Waals surface area contributed by atoms with Crippen LogP contribution in [0.2, 0.25) is 5.02 Å². The van der Waals surface area contributed by atoms with Crippen LogP contribution in [0.3, 0.4) is 0 Å². The Labute approximate surface area is 188 Å². The molecule has 0 aliphatic heterocycles. The highest BCUT2D eigenvalue weighted by Crippen LogP contribution is 2.38. The van der Waals surface area contributed by atoms with Gasteiger partial charge < -0.3 is 10.6 Å². The monoisotopic (exact) mass is 440 g/mol. The van der Waals surface area contributed by atoms with Gasteiger partial charge in [0.25, 0.3) is 0 Å². The van der Waals surface area contributed by atoms with Crippen molar-refractivity contribution in [2.45, 2.75) is 57.9 Å². The van der Waals surface area contributed by atoms with Crippen molar-refractivity contribution >= 4 is 34.9 Å². The van der Waals surface area contributed by atoms with Gasteiger partial charge in [0.2, 0.25) is 11.8 Å². The van der Waals surface area contributed by atoms with Crippen molar-refractivity contribution < 1.29 is 14.4 Å². The molecule has 0 bridgehead atoms. The molecule has 0 spiro atoms. The topological polar surface area (TPSA) is 75.3 Å². The number of benzene rings is 2. The van der Waals surface area contributed by atoms with E-state index in [9.17, 15) is 14.4 Å². The van der Waals surface area contributed by atoms with E-state index < -0.39 is 6.04 Å². The van der Waals surface area contributed by atoms with E-state index in [4.69, 9.17) is 11.6 Å². The standard InChI is InChI=1S/C25H29ClN2O3/c1-16(24(30)13-10-20-15-22(26)11-12-23(20)28-17(2)29)27-25(31)21-9-8-19(14-21)18-6-4-3-5-7-18/h3-7,11-12,15-16,19,21H,8-10,13-14H2,1-2H3,(H,27,31)(H,28,29)/t16-,19+,21+/m0/s1. The third-order valence-corrected chi connectivity index (χ3v) is 6.17. The predicted octanol–water partition coefficient (Wildman–Crippen LogP) is 4.89. The van der Waals surface area contributed by atoms with Crippen molar-refractivity contribution in [2.75, 3.05) is 5.32 Å². The van der Waals surface area contributed by atoms with E-state index in [0.717, 1.165) is 24.8 Å². The van der Waals surface area contributed by atoms with Crippen LogP contribution in [-0.4, -0.2) is 23.6 Å². The number of ketones is 1. The number of carbonyl (C=O) groups is 3. The SMILES string of the molecule is CC(=O)Nc1ccc(Cl)cc1CCC(=O)[C@H](C)NC(=O)[C@@H]1CC[C@@H](c2ccccc2)C1. The van der Waals surface area contributed by atoms with Crippen LogP contribution in [-0.2, 0) is 20.8 Å². The van der Waals surface area contributed by atoms with Gasteiger partial charge in [-0.3, -0.25) is 14.4 Å². The molecule has 1 saturated carbocycles. The largest absolute Gasteiger partial charge is 0.346 e. The van der Waals surface area contributed by atoms with Gasteiger partial charge >= 0.3 is 0 Å². The summed E-state index contributed by atoms with van der Waals surface area (Å²) >= 11 is 6.07. The molecule has 0 aromatic heterocycles. The molecule has 0 heterocycles. The quantitative estimate of drug-likeness (QED) is 0.613. The van der Waals surface area contributed by atoms with E-state index in [0.29, 0.717) is 23.0 Å². The number of rotatable bonds is 8. The van der Waals surface area contributed by atoms with E-state index in [-0.39, 0.29) is 29.9 Å². The third-order valence-electron chi connectivity index (χ3n) is 5.93. The molecular formula is C25H29ClN2O3. The minimum Gasteiger partial charge on any atom is -0.346 e. The van der Waals surface area contributed by atoms with Crippen molar-refractivity contribution in [2.24, 2.45) is 5.92 Å². The van der Waals surface area contributed by atoms with E-state index in [2.05, 4.69) is 22.8 Å². The molecule has 164 valence electrons.